The van der Waals surface area contributed by atoms with Gasteiger partial charge in [0, 0.05) is 11.1 Å². The lowest BCUT2D eigenvalue weighted by Gasteiger charge is -2.04. The van der Waals surface area contributed by atoms with Gasteiger partial charge in [-0.3, -0.25) is 9.89 Å². The Hall–Kier alpha value is -2.93. The van der Waals surface area contributed by atoms with Gasteiger partial charge < -0.3 is 9.73 Å². The fraction of sp³-hybridized carbons (Fsp3) is 0.118. The van der Waals surface area contributed by atoms with Crippen molar-refractivity contribution in [2.24, 2.45) is 0 Å². The quantitative estimate of drug-likeness (QED) is 0.593. The minimum Gasteiger partial charge on any atom is -0.440 e. The number of hydrogen-bond donors (Lipinski definition) is 2. The molecular formula is C17H14N4O2S. The van der Waals surface area contributed by atoms with E-state index in [-0.39, 0.29) is 12.3 Å². The summed E-state index contributed by atoms with van der Waals surface area (Å²) in [5.41, 5.74) is 2.31. The Labute approximate surface area is 141 Å². The molecule has 0 atom stereocenters. The number of oxazole rings is 1. The highest BCUT2D eigenvalue weighted by Crippen LogP contribution is 2.26. The maximum atomic E-state index is 12.3. The summed E-state index contributed by atoms with van der Waals surface area (Å²) in [5, 5.41) is 12.6. The van der Waals surface area contributed by atoms with E-state index in [9.17, 15) is 4.79 Å². The number of H-pyrrole nitrogens is 1. The Morgan fingerprint density at radius 1 is 1.38 bits per heavy atom. The molecule has 4 aromatic rings. The standard InChI is InChI=1S/C17H14N4O2S/c1-10-14(20-17(23-10)15-3-2-6-24-15)8-16(22)19-12-4-5-13-11(7-12)9-18-21-13/h2-7,9H,8H2,1H3,(H,18,21)(H,19,22). The summed E-state index contributed by atoms with van der Waals surface area (Å²) in [6.07, 6.45) is 1.89. The maximum absolute atomic E-state index is 12.3. The largest absolute Gasteiger partial charge is 0.440 e. The molecule has 0 bridgehead atoms. The van der Waals surface area contributed by atoms with Crippen LogP contribution < -0.4 is 5.32 Å². The van der Waals surface area contributed by atoms with Crippen LogP contribution in [0, 0.1) is 6.92 Å². The number of hydrogen-bond acceptors (Lipinski definition) is 5. The first-order valence-corrected chi connectivity index (χ1v) is 8.30. The minimum atomic E-state index is -0.132. The monoisotopic (exact) mass is 338 g/mol. The van der Waals surface area contributed by atoms with Crippen LogP contribution in [0.5, 0.6) is 0 Å². The van der Waals surface area contributed by atoms with Gasteiger partial charge in [-0.1, -0.05) is 6.07 Å². The first-order valence-electron chi connectivity index (χ1n) is 7.42. The van der Waals surface area contributed by atoms with Crippen LogP contribution in [0.1, 0.15) is 11.5 Å². The van der Waals surface area contributed by atoms with Gasteiger partial charge >= 0.3 is 0 Å². The number of amides is 1. The van der Waals surface area contributed by atoms with Crippen molar-refractivity contribution >= 4 is 33.8 Å². The number of carbonyl (C=O) groups is 1. The first kappa shape index (κ1) is 14.6. The summed E-state index contributed by atoms with van der Waals surface area (Å²) in [5.74, 6) is 1.09. The number of aromatic nitrogens is 3. The normalized spacial score (nSPS) is 11.0. The molecule has 3 heterocycles. The van der Waals surface area contributed by atoms with Crippen LogP contribution >= 0.6 is 11.3 Å². The van der Waals surface area contributed by atoms with Crippen LogP contribution in [-0.4, -0.2) is 21.1 Å². The molecule has 0 aliphatic rings. The van der Waals surface area contributed by atoms with E-state index in [1.54, 1.807) is 17.5 Å². The fourth-order valence-corrected chi connectivity index (χ4v) is 3.12. The van der Waals surface area contributed by atoms with E-state index in [4.69, 9.17) is 4.42 Å². The van der Waals surface area contributed by atoms with Crippen molar-refractivity contribution in [3.05, 3.63) is 53.4 Å². The molecule has 0 saturated carbocycles. The molecule has 4 rings (SSSR count). The molecule has 0 fully saturated rings. The van der Waals surface area contributed by atoms with Crippen molar-refractivity contribution in [1.82, 2.24) is 15.2 Å². The molecule has 0 aliphatic heterocycles. The van der Waals surface area contributed by atoms with Gasteiger partial charge in [0.05, 0.1) is 28.7 Å². The molecule has 120 valence electrons. The van der Waals surface area contributed by atoms with Crippen molar-refractivity contribution in [3.8, 4) is 10.8 Å². The average Bonchev–Trinajstić information content (AvgIpc) is 3.28. The van der Waals surface area contributed by atoms with Crippen molar-refractivity contribution in [2.75, 3.05) is 5.32 Å². The second kappa shape index (κ2) is 5.93. The maximum Gasteiger partial charge on any atom is 0.236 e. The predicted octanol–water partition coefficient (Wildman–Crippen LogP) is 3.77. The molecule has 0 radical (unpaired) electrons. The summed E-state index contributed by atoms with van der Waals surface area (Å²) >= 11 is 1.56. The van der Waals surface area contributed by atoms with Crippen molar-refractivity contribution < 1.29 is 9.21 Å². The van der Waals surface area contributed by atoms with Crippen LogP contribution in [0.4, 0.5) is 5.69 Å². The van der Waals surface area contributed by atoms with Gasteiger partial charge in [-0.25, -0.2) is 4.98 Å². The lowest BCUT2D eigenvalue weighted by molar-refractivity contribution is -0.115. The van der Waals surface area contributed by atoms with Crippen LogP contribution in [0.3, 0.4) is 0 Å². The van der Waals surface area contributed by atoms with E-state index in [0.717, 1.165) is 21.5 Å². The molecule has 3 aromatic heterocycles. The minimum absolute atomic E-state index is 0.132. The molecule has 2 N–H and O–H groups in total. The van der Waals surface area contributed by atoms with Gasteiger partial charge in [-0.05, 0) is 36.6 Å². The van der Waals surface area contributed by atoms with E-state index in [2.05, 4.69) is 20.5 Å². The summed E-state index contributed by atoms with van der Waals surface area (Å²) in [4.78, 5) is 17.7. The summed E-state index contributed by atoms with van der Waals surface area (Å²) < 4.78 is 5.66. The van der Waals surface area contributed by atoms with Gasteiger partial charge in [0.1, 0.15) is 5.76 Å². The number of anilines is 1. The first-order chi connectivity index (χ1) is 11.7. The third-order valence-electron chi connectivity index (χ3n) is 3.68. The Bertz CT molecular complexity index is 1000. The van der Waals surface area contributed by atoms with Crippen molar-refractivity contribution in [2.45, 2.75) is 13.3 Å². The third-order valence-corrected chi connectivity index (χ3v) is 4.53. The number of aryl methyl sites for hydroxylation is 1. The molecular weight excluding hydrogens is 324 g/mol. The van der Waals surface area contributed by atoms with E-state index in [1.165, 1.54) is 0 Å². The van der Waals surface area contributed by atoms with Gasteiger partial charge in [-0.2, -0.15) is 5.10 Å². The molecule has 24 heavy (non-hydrogen) atoms. The smallest absolute Gasteiger partial charge is 0.236 e. The lowest BCUT2D eigenvalue weighted by Crippen LogP contribution is -2.15. The number of thiophene rings is 1. The molecule has 7 heteroatoms. The number of rotatable bonds is 4. The zero-order chi connectivity index (χ0) is 16.5. The van der Waals surface area contributed by atoms with Gasteiger partial charge in [0.15, 0.2) is 0 Å². The van der Waals surface area contributed by atoms with Gasteiger partial charge in [0.2, 0.25) is 11.8 Å². The van der Waals surface area contributed by atoms with E-state index in [0.29, 0.717) is 17.3 Å². The molecule has 6 nitrogen and oxygen atoms in total. The van der Waals surface area contributed by atoms with E-state index >= 15 is 0 Å². The van der Waals surface area contributed by atoms with Crippen LogP contribution in [0.25, 0.3) is 21.7 Å². The van der Waals surface area contributed by atoms with Crippen LogP contribution in [0.2, 0.25) is 0 Å². The fourth-order valence-electron chi connectivity index (χ4n) is 2.48. The number of fused-ring (bicyclic) bond motifs is 1. The van der Waals surface area contributed by atoms with Gasteiger partial charge in [-0.15, -0.1) is 11.3 Å². The summed E-state index contributed by atoms with van der Waals surface area (Å²) in [7, 11) is 0. The number of nitrogens with zero attached hydrogens (tertiary/aromatic N) is 2. The van der Waals surface area contributed by atoms with E-state index in [1.807, 2.05) is 42.6 Å². The van der Waals surface area contributed by atoms with Crippen molar-refractivity contribution in [1.29, 1.82) is 0 Å². The van der Waals surface area contributed by atoms with Gasteiger partial charge in [0.25, 0.3) is 0 Å². The zero-order valence-electron chi connectivity index (χ0n) is 12.9. The molecule has 0 aliphatic carbocycles. The van der Waals surface area contributed by atoms with Crippen molar-refractivity contribution in [3.63, 3.8) is 0 Å². The second-order valence-electron chi connectivity index (χ2n) is 5.40. The predicted molar refractivity (Wildman–Crippen MR) is 93.0 cm³/mol. The Morgan fingerprint density at radius 2 is 2.29 bits per heavy atom. The zero-order valence-corrected chi connectivity index (χ0v) is 13.7. The molecule has 0 spiro atoms. The number of aromatic amines is 1. The highest BCUT2D eigenvalue weighted by atomic mass is 32.1. The molecule has 0 unspecified atom stereocenters. The molecule has 0 saturated heterocycles. The van der Waals surface area contributed by atoms with E-state index < -0.39 is 0 Å². The third kappa shape index (κ3) is 2.81. The Kier molecular flexibility index (Phi) is 3.62. The number of carbonyl (C=O) groups excluding carboxylic acids is 1. The Balaban J connectivity index is 1.49. The lowest BCUT2D eigenvalue weighted by atomic mass is 10.2. The topological polar surface area (TPSA) is 83.8 Å². The number of nitrogens with one attached hydrogen (secondary N) is 2. The highest BCUT2D eigenvalue weighted by Gasteiger charge is 2.15. The number of benzene rings is 1. The SMILES string of the molecule is Cc1oc(-c2cccs2)nc1CC(=O)Nc1ccc2[nH]ncc2c1. The van der Waals surface area contributed by atoms with Crippen LogP contribution in [-0.2, 0) is 11.2 Å². The summed E-state index contributed by atoms with van der Waals surface area (Å²) in [6, 6.07) is 9.49. The molecule has 1 amide bonds. The molecule has 1 aromatic carbocycles. The summed E-state index contributed by atoms with van der Waals surface area (Å²) in [6.45, 7) is 1.82. The average molecular weight is 338 g/mol. The second-order valence-corrected chi connectivity index (χ2v) is 6.34. The Morgan fingerprint density at radius 3 is 3.12 bits per heavy atom. The van der Waals surface area contributed by atoms with Crippen LogP contribution in [0.15, 0.2) is 46.3 Å². The highest BCUT2D eigenvalue weighted by molar-refractivity contribution is 7.13.